The molecule has 0 aliphatic carbocycles. The van der Waals surface area contributed by atoms with E-state index in [0.717, 1.165) is 0 Å². The Bertz CT molecular complexity index is 285. The molecule has 0 aliphatic rings. The van der Waals surface area contributed by atoms with E-state index in [4.69, 9.17) is 5.73 Å². The number of hydrogen-bond donors (Lipinski definition) is 3. The van der Waals surface area contributed by atoms with Gasteiger partial charge in [0.25, 0.3) is 0 Å². The largest absolute Gasteiger partial charge is 0.468 e. The summed E-state index contributed by atoms with van der Waals surface area (Å²) in [5.41, 5.74) is 5.49. The smallest absolute Gasteiger partial charge is 0.322 e. The zero-order chi connectivity index (χ0) is 13.3. The predicted molar refractivity (Wildman–Crippen MR) is 64.5 cm³/mol. The maximum Gasteiger partial charge on any atom is 0.322 e. The van der Waals surface area contributed by atoms with Gasteiger partial charge in [-0.2, -0.15) is 11.8 Å². The highest BCUT2D eigenvalue weighted by Gasteiger charge is 2.13. The van der Waals surface area contributed by atoms with E-state index in [1.54, 1.807) is 0 Å². The molecule has 8 heteroatoms. The summed E-state index contributed by atoms with van der Waals surface area (Å²) in [5, 5.41) is 4.38. The van der Waals surface area contributed by atoms with E-state index in [9.17, 15) is 14.4 Å². The van der Waals surface area contributed by atoms with Crippen LogP contribution in [0, 0.1) is 0 Å². The van der Waals surface area contributed by atoms with Crippen molar-refractivity contribution in [2.24, 2.45) is 5.73 Å². The van der Waals surface area contributed by atoms with Crippen LogP contribution in [-0.2, 0) is 14.3 Å². The lowest BCUT2D eigenvalue weighted by molar-refractivity contribution is -0.142. The van der Waals surface area contributed by atoms with E-state index in [1.165, 1.54) is 25.9 Å². The van der Waals surface area contributed by atoms with Gasteiger partial charge in [-0.15, -0.1) is 0 Å². The standard InChI is InChI=1S/C9H17N3O4S/c1-11-9(15)12-7(13)5-17-4-3-6(10)8(14)16-2/h6H,3-5,10H2,1-2H3,(H2,11,12,13,15). The van der Waals surface area contributed by atoms with Gasteiger partial charge in [-0.25, -0.2) is 4.79 Å². The van der Waals surface area contributed by atoms with Crippen molar-refractivity contribution in [3.8, 4) is 0 Å². The Morgan fingerprint density at radius 3 is 2.59 bits per heavy atom. The van der Waals surface area contributed by atoms with E-state index in [2.05, 4.69) is 15.4 Å². The molecule has 0 rings (SSSR count). The summed E-state index contributed by atoms with van der Waals surface area (Å²) in [7, 11) is 2.69. The lowest BCUT2D eigenvalue weighted by atomic mass is 10.2. The molecule has 0 radical (unpaired) electrons. The first-order chi connectivity index (χ1) is 8.01. The van der Waals surface area contributed by atoms with E-state index in [-0.39, 0.29) is 11.7 Å². The minimum absolute atomic E-state index is 0.140. The van der Waals surface area contributed by atoms with Crippen LogP contribution < -0.4 is 16.4 Å². The fraction of sp³-hybridized carbons (Fsp3) is 0.667. The number of thioether (sulfide) groups is 1. The van der Waals surface area contributed by atoms with Gasteiger partial charge in [0.05, 0.1) is 12.9 Å². The van der Waals surface area contributed by atoms with Crippen molar-refractivity contribution in [1.29, 1.82) is 0 Å². The van der Waals surface area contributed by atoms with Gasteiger partial charge < -0.3 is 15.8 Å². The highest BCUT2D eigenvalue weighted by Crippen LogP contribution is 2.04. The van der Waals surface area contributed by atoms with Crippen molar-refractivity contribution in [3.05, 3.63) is 0 Å². The second-order valence-electron chi connectivity index (χ2n) is 3.10. The average Bonchev–Trinajstić information content (AvgIpc) is 2.32. The second kappa shape index (κ2) is 8.82. The molecule has 0 aromatic rings. The summed E-state index contributed by atoms with van der Waals surface area (Å²) in [6.07, 6.45) is 0.421. The van der Waals surface area contributed by atoms with Crippen molar-refractivity contribution in [1.82, 2.24) is 10.6 Å². The van der Waals surface area contributed by atoms with Crippen molar-refractivity contribution >= 4 is 29.7 Å². The molecule has 0 heterocycles. The molecule has 0 spiro atoms. The zero-order valence-corrected chi connectivity index (χ0v) is 10.6. The van der Waals surface area contributed by atoms with Crippen molar-refractivity contribution in [2.75, 3.05) is 25.7 Å². The van der Waals surface area contributed by atoms with Gasteiger partial charge in [-0.1, -0.05) is 0 Å². The number of methoxy groups -OCH3 is 1. The first kappa shape index (κ1) is 15.7. The fourth-order valence-corrected chi connectivity index (χ4v) is 1.69. The lowest BCUT2D eigenvalue weighted by Gasteiger charge is -2.08. The van der Waals surface area contributed by atoms with Crippen LogP contribution in [0.3, 0.4) is 0 Å². The Balaban J connectivity index is 3.61. The highest BCUT2D eigenvalue weighted by molar-refractivity contribution is 7.99. The van der Waals surface area contributed by atoms with Crippen LogP contribution in [-0.4, -0.2) is 49.6 Å². The summed E-state index contributed by atoms with van der Waals surface area (Å²) >= 11 is 1.29. The molecule has 4 N–H and O–H groups in total. The molecule has 0 aromatic carbocycles. The molecule has 17 heavy (non-hydrogen) atoms. The molecule has 0 aromatic heterocycles. The Morgan fingerprint density at radius 2 is 2.06 bits per heavy atom. The number of carbonyl (C=O) groups excluding carboxylic acids is 3. The first-order valence-electron chi connectivity index (χ1n) is 4.94. The molecule has 98 valence electrons. The monoisotopic (exact) mass is 263 g/mol. The third-order valence-corrected chi connectivity index (χ3v) is 2.78. The molecule has 0 fully saturated rings. The third-order valence-electron chi connectivity index (χ3n) is 1.79. The van der Waals surface area contributed by atoms with Crippen LogP contribution in [0.15, 0.2) is 0 Å². The molecule has 0 aliphatic heterocycles. The fourth-order valence-electron chi connectivity index (χ4n) is 0.870. The van der Waals surface area contributed by atoms with E-state index >= 15 is 0 Å². The van der Waals surface area contributed by atoms with Crippen LogP contribution in [0.1, 0.15) is 6.42 Å². The molecule has 0 saturated heterocycles. The van der Waals surface area contributed by atoms with E-state index in [0.29, 0.717) is 12.2 Å². The summed E-state index contributed by atoms with van der Waals surface area (Å²) < 4.78 is 4.45. The van der Waals surface area contributed by atoms with Crippen LogP contribution in [0.25, 0.3) is 0 Å². The summed E-state index contributed by atoms with van der Waals surface area (Å²) in [4.78, 5) is 32.8. The number of amides is 3. The number of ether oxygens (including phenoxy) is 1. The van der Waals surface area contributed by atoms with Gasteiger partial charge >= 0.3 is 12.0 Å². The molecular formula is C9H17N3O4S. The quantitative estimate of drug-likeness (QED) is 0.421. The van der Waals surface area contributed by atoms with Crippen LogP contribution in [0.5, 0.6) is 0 Å². The number of hydrogen-bond acceptors (Lipinski definition) is 6. The van der Waals surface area contributed by atoms with Gasteiger partial charge in [-0.3, -0.25) is 14.9 Å². The number of carbonyl (C=O) groups is 3. The number of urea groups is 1. The Morgan fingerprint density at radius 1 is 1.41 bits per heavy atom. The van der Waals surface area contributed by atoms with Crippen LogP contribution in [0.2, 0.25) is 0 Å². The van der Waals surface area contributed by atoms with Gasteiger partial charge in [0.15, 0.2) is 0 Å². The predicted octanol–water partition coefficient (Wildman–Crippen LogP) is -0.934. The van der Waals surface area contributed by atoms with Gasteiger partial charge in [0.1, 0.15) is 6.04 Å². The summed E-state index contributed by atoms with van der Waals surface area (Å²) in [5.74, 6) is -0.181. The maximum absolute atomic E-state index is 11.1. The van der Waals surface area contributed by atoms with E-state index < -0.39 is 18.0 Å². The molecule has 1 unspecified atom stereocenters. The normalized spacial score (nSPS) is 11.5. The molecule has 1 atom stereocenters. The molecule has 0 bridgehead atoms. The number of rotatable bonds is 6. The summed E-state index contributed by atoms with van der Waals surface area (Å²) in [6, 6.07) is -1.21. The molecular weight excluding hydrogens is 246 g/mol. The minimum atomic E-state index is -0.672. The Kier molecular flexibility index (Phi) is 8.16. The SMILES string of the molecule is CNC(=O)NC(=O)CSCCC(N)C(=O)OC. The topological polar surface area (TPSA) is 111 Å². The zero-order valence-electron chi connectivity index (χ0n) is 9.82. The van der Waals surface area contributed by atoms with Crippen LogP contribution in [0.4, 0.5) is 4.79 Å². The Hall–Kier alpha value is -1.28. The molecule has 3 amide bonds. The minimum Gasteiger partial charge on any atom is -0.468 e. The van der Waals surface area contributed by atoms with Gasteiger partial charge in [0, 0.05) is 7.05 Å². The number of nitrogens with two attached hydrogens (primary N) is 1. The van der Waals surface area contributed by atoms with Crippen molar-refractivity contribution in [2.45, 2.75) is 12.5 Å². The van der Waals surface area contributed by atoms with Gasteiger partial charge in [-0.05, 0) is 12.2 Å². The number of imide groups is 1. The van der Waals surface area contributed by atoms with Gasteiger partial charge in [0.2, 0.25) is 5.91 Å². The van der Waals surface area contributed by atoms with E-state index in [1.807, 2.05) is 0 Å². The van der Waals surface area contributed by atoms with Crippen molar-refractivity contribution in [3.63, 3.8) is 0 Å². The lowest BCUT2D eigenvalue weighted by Crippen LogP contribution is -2.38. The maximum atomic E-state index is 11.1. The Labute approximate surface area is 104 Å². The second-order valence-corrected chi connectivity index (χ2v) is 4.20. The molecule has 0 saturated carbocycles. The first-order valence-corrected chi connectivity index (χ1v) is 6.09. The third kappa shape index (κ3) is 7.58. The van der Waals surface area contributed by atoms with Crippen molar-refractivity contribution < 1.29 is 19.1 Å². The average molecular weight is 263 g/mol. The number of nitrogens with one attached hydrogen (secondary N) is 2. The number of esters is 1. The highest BCUT2D eigenvalue weighted by atomic mass is 32.2. The van der Waals surface area contributed by atoms with Crippen LogP contribution >= 0.6 is 11.8 Å². The molecule has 7 nitrogen and oxygen atoms in total. The summed E-state index contributed by atoms with van der Waals surface area (Å²) in [6.45, 7) is 0.